The van der Waals surface area contributed by atoms with Gasteiger partial charge in [0.15, 0.2) is 0 Å². The van der Waals surface area contributed by atoms with E-state index in [1.54, 1.807) is 0 Å². The quantitative estimate of drug-likeness (QED) is 0.560. The zero-order chi connectivity index (χ0) is 11.3. The predicted octanol–water partition coefficient (Wildman–Crippen LogP) is -0.796. The molecule has 0 aromatic rings. The Kier molecular flexibility index (Phi) is 5.01. The molecule has 2 unspecified atom stereocenters. The number of ether oxygens (including phenoxy) is 1. The molecule has 0 bridgehead atoms. The number of nitrogens with one attached hydrogen (secondary N) is 1. The summed E-state index contributed by atoms with van der Waals surface area (Å²) in [6.07, 6.45) is 2.14. The van der Waals surface area contributed by atoms with Crippen molar-refractivity contribution in [3.63, 3.8) is 0 Å². The van der Waals surface area contributed by atoms with Crippen LogP contribution >= 0.6 is 0 Å². The first kappa shape index (κ1) is 12.4. The van der Waals surface area contributed by atoms with E-state index in [4.69, 9.17) is 16.2 Å². The molecule has 0 radical (unpaired) electrons. The van der Waals surface area contributed by atoms with Crippen LogP contribution in [0.15, 0.2) is 0 Å². The van der Waals surface area contributed by atoms with Gasteiger partial charge in [0.05, 0.1) is 6.04 Å². The summed E-state index contributed by atoms with van der Waals surface area (Å²) in [4.78, 5) is 10.7. The van der Waals surface area contributed by atoms with Crippen molar-refractivity contribution in [3.8, 4) is 0 Å². The summed E-state index contributed by atoms with van der Waals surface area (Å²) in [6, 6.07) is -0.230. The average Bonchev–Trinajstić information content (AvgIpc) is 2.26. The van der Waals surface area contributed by atoms with Gasteiger partial charge in [-0.3, -0.25) is 4.79 Å². The summed E-state index contributed by atoms with van der Waals surface area (Å²) in [5.74, 6) is 0.153. The zero-order valence-electron chi connectivity index (χ0n) is 9.24. The Labute approximate surface area is 90.5 Å². The third-order valence-electron chi connectivity index (χ3n) is 3.00. The molecule has 2 atom stereocenters. The molecule has 5 heteroatoms. The molecule has 1 rings (SSSR count). The fourth-order valence-electron chi connectivity index (χ4n) is 1.80. The lowest BCUT2D eigenvalue weighted by molar-refractivity contribution is -0.119. The molecule has 1 aliphatic rings. The highest BCUT2D eigenvalue weighted by atomic mass is 16.5. The lowest BCUT2D eigenvalue weighted by Gasteiger charge is -2.29. The van der Waals surface area contributed by atoms with Gasteiger partial charge in [0.1, 0.15) is 0 Å². The Balaban J connectivity index is 2.22. The van der Waals surface area contributed by atoms with E-state index in [2.05, 4.69) is 12.2 Å². The van der Waals surface area contributed by atoms with Gasteiger partial charge in [0.2, 0.25) is 5.91 Å². The number of rotatable bonds is 5. The molecule has 5 N–H and O–H groups in total. The molecule has 88 valence electrons. The van der Waals surface area contributed by atoms with Gasteiger partial charge in [-0.05, 0) is 25.7 Å². The fourth-order valence-corrected chi connectivity index (χ4v) is 1.80. The second-order valence-corrected chi connectivity index (χ2v) is 4.16. The van der Waals surface area contributed by atoms with Gasteiger partial charge in [-0.25, -0.2) is 0 Å². The molecule has 0 aliphatic carbocycles. The van der Waals surface area contributed by atoms with Gasteiger partial charge in [-0.1, -0.05) is 0 Å². The van der Waals surface area contributed by atoms with Crippen LogP contribution in [0.1, 0.15) is 19.8 Å². The van der Waals surface area contributed by atoms with Crippen LogP contribution in [-0.2, 0) is 9.53 Å². The third-order valence-corrected chi connectivity index (χ3v) is 3.00. The molecule has 1 saturated heterocycles. The van der Waals surface area contributed by atoms with E-state index in [1.807, 2.05) is 0 Å². The number of hydrogen-bond acceptors (Lipinski definition) is 4. The topological polar surface area (TPSA) is 90.4 Å². The van der Waals surface area contributed by atoms with Crippen LogP contribution in [0.3, 0.4) is 0 Å². The molecule has 15 heavy (non-hydrogen) atoms. The number of nitrogens with two attached hydrogens (primary N) is 2. The van der Waals surface area contributed by atoms with Crippen LogP contribution in [-0.4, -0.2) is 37.7 Å². The number of primary amides is 1. The smallest absolute Gasteiger partial charge is 0.235 e. The normalized spacial score (nSPS) is 22.3. The van der Waals surface area contributed by atoms with Crippen molar-refractivity contribution >= 4 is 5.91 Å². The molecular formula is C10H21N3O2. The van der Waals surface area contributed by atoms with E-state index in [1.165, 1.54) is 0 Å². The number of carbonyl (C=O) groups is 1. The average molecular weight is 215 g/mol. The van der Waals surface area contributed by atoms with Gasteiger partial charge in [-0.15, -0.1) is 0 Å². The Morgan fingerprint density at radius 1 is 1.53 bits per heavy atom. The number of hydrogen-bond donors (Lipinski definition) is 3. The van der Waals surface area contributed by atoms with Gasteiger partial charge in [-0.2, -0.15) is 0 Å². The Hall–Kier alpha value is -0.650. The first-order chi connectivity index (χ1) is 7.11. The SMILES string of the molecule is CC(NCC(N)C(N)=O)C1CCOCC1. The summed E-state index contributed by atoms with van der Waals surface area (Å²) in [5, 5.41) is 3.25. The molecular weight excluding hydrogens is 194 g/mol. The van der Waals surface area contributed by atoms with Crippen molar-refractivity contribution in [1.82, 2.24) is 5.32 Å². The highest BCUT2D eigenvalue weighted by Crippen LogP contribution is 2.18. The number of amides is 1. The summed E-state index contributed by atoms with van der Waals surface area (Å²) in [5.41, 5.74) is 10.6. The molecule has 1 heterocycles. The largest absolute Gasteiger partial charge is 0.381 e. The first-order valence-corrected chi connectivity index (χ1v) is 5.47. The van der Waals surface area contributed by atoms with Crippen LogP contribution in [0.2, 0.25) is 0 Å². The fraction of sp³-hybridized carbons (Fsp3) is 0.900. The van der Waals surface area contributed by atoms with Crippen molar-refractivity contribution in [1.29, 1.82) is 0 Å². The minimum absolute atomic E-state index is 0.360. The lowest BCUT2D eigenvalue weighted by atomic mass is 9.93. The van der Waals surface area contributed by atoms with Crippen molar-refractivity contribution in [3.05, 3.63) is 0 Å². The standard InChI is InChI=1S/C10H21N3O2/c1-7(8-2-4-15-5-3-8)13-6-9(11)10(12)14/h7-9,13H,2-6,11H2,1H3,(H2,12,14). The molecule has 1 amide bonds. The lowest BCUT2D eigenvalue weighted by Crippen LogP contribution is -2.48. The summed E-state index contributed by atoms with van der Waals surface area (Å²) < 4.78 is 5.29. The van der Waals surface area contributed by atoms with E-state index >= 15 is 0 Å². The minimum Gasteiger partial charge on any atom is -0.381 e. The Morgan fingerprint density at radius 3 is 2.67 bits per heavy atom. The van der Waals surface area contributed by atoms with Crippen LogP contribution in [0.4, 0.5) is 0 Å². The molecule has 0 aromatic carbocycles. The molecule has 0 aromatic heterocycles. The maximum Gasteiger partial charge on any atom is 0.235 e. The van der Waals surface area contributed by atoms with Gasteiger partial charge in [0.25, 0.3) is 0 Å². The van der Waals surface area contributed by atoms with E-state index in [0.717, 1.165) is 26.1 Å². The first-order valence-electron chi connectivity index (χ1n) is 5.47. The third kappa shape index (κ3) is 4.15. The van der Waals surface area contributed by atoms with Crippen LogP contribution in [0.5, 0.6) is 0 Å². The van der Waals surface area contributed by atoms with Crippen molar-refractivity contribution in [2.24, 2.45) is 17.4 Å². The van der Waals surface area contributed by atoms with E-state index < -0.39 is 11.9 Å². The van der Waals surface area contributed by atoms with Gasteiger partial charge >= 0.3 is 0 Å². The summed E-state index contributed by atoms with van der Waals surface area (Å²) in [7, 11) is 0. The van der Waals surface area contributed by atoms with Gasteiger partial charge < -0.3 is 21.5 Å². The van der Waals surface area contributed by atoms with Gasteiger partial charge in [0, 0.05) is 25.8 Å². The maximum atomic E-state index is 10.7. The van der Waals surface area contributed by atoms with Crippen LogP contribution < -0.4 is 16.8 Å². The zero-order valence-corrected chi connectivity index (χ0v) is 9.24. The van der Waals surface area contributed by atoms with E-state index in [-0.39, 0.29) is 0 Å². The molecule has 0 spiro atoms. The second kappa shape index (κ2) is 6.05. The van der Waals surface area contributed by atoms with Crippen molar-refractivity contribution in [2.75, 3.05) is 19.8 Å². The molecule has 5 nitrogen and oxygen atoms in total. The summed E-state index contributed by atoms with van der Waals surface area (Å²) in [6.45, 7) is 4.23. The molecule has 1 aliphatic heterocycles. The second-order valence-electron chi connectivity index (χ2n) is 4.16. The van der Waals surface area contributed by atoms with Crippen LogP contribution in [0.25, 0.3) is 0 Å². The summed E-state index contributed by atoms with van der Waals surface area (Å²) >= 11 is 0. The van der Waals surface area contributed by atoms with Crippen molar-refractivity contribution in [2.45, 2.75) is 31.8 Å². The predicted molar refractivity (Wildman–Crippen MR) is 58.2 cm³/mol. The highest BCUT2D eigenvalue weighted by Gasteiger charge is 2.21. The Morgan fingerprint density at radius 2 is 2.13 bits per heavy atom. The van der Waals surface area contributed by atoms with Crippen LogP contribution in [0, 0.1) is 5.92 Å². The Bertz CT molecular complexity index is 205. The van der Waals surface area contributed by atoms with E-state index in [9.17, 15) is 4.79 Å². The minimum atomic E-state index is -0.590. The van der Waals surface area contributed by atoms with E-state index in [0.29, 0.717) is 18.5 Å². The number of carbonyl (C=O) groups excluding carboxylic acids is 1. The monoisotopic (exact) mass is 215 g/mol. The maximum absolute atomic E-state index is 10.7. The molecule has 1 fully saturated rings. The van der Waals surface area contributed by atoms with Crippen molar-refractivity contribution < 1.29 is 9.53 Å². The molecule has 0 saturated carbocycles. The highest BCUT2D eigenvalue weighted by molar-refractivity contribution is 5.79.